The standard InChI is InChI=1S/C8H5ClO6/c9-8-4-2-1-3(12-4)5(8)13-6(10)14-7(11)15-8/h1-5H. The Labute approximate surface area is 88.7 Å². The lowest BCUT2D eigenvalue weighted by Crippen LogP contribution is -2.47. The van der Waals surface area contributed by atoms with E-state index in [1.165, 1.54) is 0 Å². The summed E-state index contributed by atoms with van der Waals surface area (Å²) in [5.41, 5.74) is 0. The van der Waals surface area contributed by atoms with E-state index >= 15 is 0 Å². The van der Waals surface area contributed by atoms with Gasteiger partial charge in [0.15, 0.2) is 6.10 Å². The monoisotopic (exact) mass is 232 g/mol. The third-order valence-electron chi connectivity index (χ3n) is 2.48. The molecule has 2 fully saturated rings. The van der Waals surface area contributed by atoms with Gasteiger partial charge in [-0.3, -0.25) is 0 Å². The van der Waals surface area contributed by atoms with Crippen LogP contribution in [0, 0.1) is 0 Å². The van der Waals surface area contributed by atoms with Crippen molar-refractivity contribution < 1.29 is 28.5 Å². The lowest BCUT2D eigenvalue weighted by molar-refractivity contribution is -0.00507. The number of cyclic esters (lactones) is 2. The number of alkyl halides is 1. The molecule has 6 nitrogen and oxygen atoms in total. The zero-order valence-corrected chi connectivity index (χ0v) is 7.97. The molecule has 2 bridgehead atoms. The summed E-state index contributed by atoms with van der Waals surface area (Å²) in [5, 5.41) is -1.51. The molecule has 0 aliphatic carbocycles. The molecular formula is C8H5ClO6. The largest absolute Gasteiger partial charge is 0.520 e. The van der Waals surface area contributed by atoms with Crippen LogP contribution in [-0.2, 0) is 18.9 Å². The Hall–Kier alpha value is -1.27. The van der Waals surface area contributed by atoms with Gasteiger partial charge < -0.3 is 18.9 Å². The first-order valence-corrected chi connectivity index (χ1v) is 4.61. The van der Waals surface area contributed by atoms with Crippen molar-refractivity contribution in [2.24, 2.45) is 0 Å². The maximum atomic E-state index is 11.0. The molecule has 3 heterocycles. The lowest BCUT2D eigenvalue weighted by atomic mass is 10.0. The predicted molar refractivity (Wildman–Crippen MR) is 44.2 cm³/mol. The van der Waals surface area contributed by atoms with Crippen molar-refractivity contribution in [3.05, 3.63) is 12.2 Å². The van der Waals surface area contributed by atoms with E-state index in [-0.39, 0.29) is 0 Å². The van der Waals surface area contributed by atoms with Gasteiger partial charge in [-0.2, -0.15) is 0 Å². The molecule has 3 aliphatic heterocycles. The molecule has 0 saturated carbocycles. The third-order valence-corrected chi connectivity index (χ3v) is 2.99. The smallest absolute Gasteiger partial charge is 0.422 e. The average molecular weight is 233 g/mol. The van der Waals surface area contributed by atoms with Crippen LogP contribution in [-0.4, -0.2) is 35.7 Å². The van der Waals surface area contributed by atoms with Crippen LogP contribution in [0.1, 0.15) is 0 Å². The van der Waals surface area contributed by atoms with Gasteiger partial charge in [0.2, 0.25) is 0 Å². The zero-order valence-electron chi connectivity index (χ0n) is 7.21. The molecule has 0 radical (unpaired) electrons. The van der Waals surface area contributed by atoms with Crippen LogP contribution in [0.5, 0.6) is 0 Å². The van der Waals surface area contributed by atoms with Gasteiger partial charge in [0.1, 0.15) is 12.2 Å². The summed E-state index contributed by atoms with van der Waals surface area (Å²) in [6, 6.07) is 0. The number of rotatable bonds is 0. The topological polar surface area (TPSA) is 71.1 Å². The van der Waals surface area contributed by atoms with Crippen LogP contribution in [0.3, 0.4) is 0 Å². The molecular weight excluding hydrogens is 228 g/mol. The highest BCUT2D eigenvalue weighted by Crippen LogP contribution is 2.46. The molecule has 0 aromatic heterocycles. The van der Waals surface area contributed by atoms with Gasteiger partial charge in [-0.15, -0.1) is 0 Å². The number of hydrogen-bond donors (Lipinski definition) is 0. The second-order valence-electron chi connectivity index (χ2n) is 3.35. The summed E-state index contributed by atoms with van der Waals surface area (Å²) >= 11 is 6.06. The molecule has 0 amide bonds. The molecule has 4 unspecified atom stereocenters. The van der Waals surface area contributed by atoms with E-state index in [9.17, 15) is 9.59 Å². The van der Waals surface area contributed by atoms with Crippen molar-refractivity contribution in [1.29, 1.82) is 0 Å². The first-order chi connectivity index (χ1) is 7.09. The molecule has 7 heteroatoms. The van der Waals surface area contributed by atoms with Gasteiger partial charge in [0.25, 0.3) is 5.06 Å². The molecule has 3 aliphatic rings. The van der Waals surface area contributed by atoms with Gasteiger partial charge in [-0.05, 0) is 0 Å². The first kappa shape index (κ1) is 8.99. The first-order valence-electron chi connectivity index (χ1n) is 4.24. The fourth-order valence-electron chi connectivity index (χ4n) is 1.86. The van der Waals surface area contributed by atoms with Crippen molar-refractivity contribution in [1.82, 2.24) is 0 Å². The van der Waals surface area contributed by atoms with Crippen molar-refractivity contribution >= 4 is 23.9 Å². The molecule has 0 aromatic rings. The summed E-state index contributed by atoms with van der Waals surface area (Å²) in [6.45, 7) is 0. The van der Waals surface area contributed by atoms with Crippen molar-refractivity contribution in [2.45, 2.75) is 23.4 Å². The van der Waals surface area contributed by atoms with Crippen LogP contribution in [0.4, 0.5) is 9.59 Å². The van der Waals surface area contributed by atoms with Crippen LogP contribution < -0.4 is 0 Å². The highest BCUT2D eigenvalue weighted by atomic mass is 35.5. The molecule has 2 saturated heterocycles. The summed E-state index contributed by atoms with van der Waals surface area (Å²) in [4.78, 5) is 22.0. The Morgan fingerprint density at radius 2 is 2.07 bits per heavy atom. The van der Waals surface area contributed by atoms with E-state index in [4.69, 9.17) is 25.8 Å². The van der Waals surface area contributed by atoms with Crippen molar-refractivity contribution in [3.8, 4) is 0 Å². The van der Waals surface area contributed by atoms with Gasteiger partial charge in [0.05, 0.1) is 0 Å². The number of carbonyl (C=O) groups excluding carboxylic acids is 2. The number of carbonyl (C=O) groups is 2. The van der Waals surface area contributed by atoms with E-state index < -0.39 is 35.7 Å². The highest BCUT2D eigenvalue weighted by Gasteiger charge is 2.64. The minimum absolute atomic E-state index is 0.494. The van der Waals surface area contributed by atoms with E-state index in [1.54, 1.807) is 12.2 Å². The Balaban J connectivity index is 2.01. The Bertz CT molecular complexity index is 379. The number of fused-ring (bicyclic) bond motifs is 5. The molecule has 3 rings (SSSR count). The second kappa shape index (κ2) is 2.65. The fourth-order valence-corrected chi connectivity index (χ4v) is 2.22. The number of halogens is 1. The van der Waals surface area contributed by atoms with Crippen LogP contribution in [0.2, 0.25) is 0 Å². The van der Waals surface area contributed by atoms with Crippen LogP contribution in [0.25, 0.3) is 0 Å². The van der Waals surface area contributed by atoms with Gasteiger partial charge in [0, 0.05) is 0 Å². The summed E-state index contributed by atoms with van der Waals surface area (Å²) in [7, 11) is 0. The van der Waals surface area contributed by atoms with E-state index in [2.05, 4.69) is 4.74 Å². The Morgan fingerprint density at radius 1 is 1.27 bits per heavy atom. The summed E-state index contributed by atoms with van der Waals surface area (Å²) in [6.07, 6.45) is -0.936. The Kier molecular flexibility index (Phi) is 1.59. The van der Waals surface area contributed by atoms with Gasteiger partial charge in [-0.25, -0.2) is 9.59 Å². The quantitative estimate of drug-likeness (QED) is 0.268. The van der Waals surface area contributed by atoms with E-state index in [0.29, 0.717) is 0 Å². The minimum atomic E-state index is -1.51. The zero-order chi connectivity index (χ0) is 10.6. The summed E-state index contributed by atoms with van der Waals surface area (Å²) in [5.74, 6) is 0. The molecule has 0 spiro atoms. The van der Waals surface area contributed by atoms with E-state index in [0.717, 1.165) is 0 Å². The molecule has 80 valence electrons. The SMILES string of the molecule is O=C1OC(=O)OC2(Cl)C3C=CC(O3)C2O1. The molecule has 0 aromatic carbocycles. The summed E-state index contributed by atoms with van der Waals surface area (Å²) < 4.78 is 19.1. The van der Waals surface area contributed by atoms with Crippen molar-refractivity contribution in [2.75, 3.05) is 0 Å². The maximum Gasteiger partial charge on any atom is 0.520 e. The maximum absolute atomic E-state index is 11.0. The second-order valence-corrected chi connectivity index (χ2v) is 3.94. The predicted octanol–water partition coefficient (Wildman–Crippen LogP) is 0.931. The lowest BCUT2D eigenvalue weighted by Gasteiger charge is -2.28. The molecule has 4 atom stereocenters. The van der Waals surface area contributed by atoms with Gasteiger partial charge in [-0.1, -0.05) is 23.8 Å². The third kappa shape index (κ3) is 1.09. The normalized spacial score (nSPS) is 46.6. The van der Waals surface area contributed by atoms with Crippen LogP contribution >= 0.6 is 11.6 Å². The van der Waals surface area contributed by atoms with Crippen molar-refractivity contribution in [3.63, 3.8) is 0 Å². The average Bonchev–Trinajstić information content (AvgIpc) is 2.65. The Morgan fingerprint density at radius 3 is 2.87 bits per heavy atom. The van der Waals surface area contributed by atoms with E-state index in [1.807, 2.05) is 0 Å². The van der Waals surface area contributed by atoms with Gasteiger partial charge >= 0.3 is 12.3 Å². The minimum Gasteiger partial charge on any atom is -0.422 e. The molecule has 0 N–H and O–H groups in total. The molecule has 15 heavy (non-hydrogen) atoms. The fraction of sp³-hybridized carbons (Fsp3) is 0.500. The highest BCUT2D eigenvalue weighted by molar-refractivity contribution is 6.25. The van der Waals surface area contributed by atoms with Crippen LogP contribution in [0.15, 0.2) is 12.2 Å². The number of ether oxygens (including phenoxy) is 4. The number of hydrogen-bond acceptors (Lipinski definition) is 6.